The largest absolute Gasteiger partial charge is 0.462 e. The minimum absolute atomic E-state index is 0.223. The molecule has 0 saturated heterocycles. The van der Waals surface area contributed by atoms with Crippen LogP contribution in [0.1, 0.15) is 43.9 Å². The number of amides is 1. The van der Waals surface area contributed by atoms with E-state index < -0.39 is 5.97 Å². The van der Waals surface area contributed by atoms with Crippen molar-refractivity contribution in [1.82, 2.24) is 10.3 Å². The summed E-state index contributed by atoms with van der Waals surface area (Å²) in [6.07, 6.45) is 0. The molecule has 0 unspecified atom stereocenters. The van der Waals surface area contributed by atoms with E-state index in [4.69, 9.17) is 4.74 Å². The van der Waals surface area contributed by atoms with Gasteiger partial charge in [0.25, 0.3) is 5.91 Å². The van der Waals surface area contributed by atoms with Crippen molar-refractivity contribution in [2.24, 2.45) is 0 Å². The van der Waals surface area contributed by atoms with Crippen molar-refractivity contribution in [2.45, 2.75) is 27.3 Å². The van der Waals surface area contributed by atoms with E-state index in [1.54, 1.807) is 32.1 Å². The summed E-state index contributed by atoms with van der Waals surface area (Å²) in [5.41, 5.74) is 2.12. The van der Waals surface area contributed by atoms with Gasteiger partial charge in [0.15, 0.2) is 0 Å². The van der Waals surface area contributed by atoms with Crippen LogP contribution in [-0.2, 0) is 11.3 Å². The summed E-state index contributed by atoms with van der Waals surface area (Å²) in [4.78, 5) is 28.2. The summed E-state index contributed by atoms with van der Waals surface area (Å²) in [6.45, 7) is 6.04. The normalized spacial score (nSPS) is 10.4. The SMILES string of the molecule is CCOC(=O)c1c(C)[nH]c(C(=O)NCc2cccs2)c1C. The van der Waals surface area contributed by atoms with Crippen LogP contribution in [0.2, 0.25) is 0 Å². The molecular weight excluding hydrogens is 288 g/mol. The molecule has 21 heavy (non-hydrogen) atoms. The van der Waals surface area contributed by atoms with E-state index >= 15 is 0 Å². The second-order valence-electron chi connectivity index (χ2n) is 4.61. The Kier molecular flexibility index (Phi) is 4.80. The van der Waals surface area contributed by atoms with Crippen molar-refractivity contribution >= 4 is 23.2 Å². The van der Waals surface area contributed by atoms with E-state index in [1.807, 2.05) is 17.5 Å². The number of hydrogen-bond acceptors (Lipinski definition) is 4. The Morgan fingerprint density at radius 1 is 1.38 bits per heavy atom. The summed E-state index contributed by atoms with van der Waals surface area (Å²) in [7, 11) is 0. The third kappa shape index (κ3) is 3.33. The first-order valence-electron chi connectivity index (χ1n) is 6.71. The van der Waals surface area contributed by atoms with Crippen LogP contribution in [0.3, 0.4) is 0 Å². The van der Waals surface area contributed by atoms with Crippen molar-refractivity contribution in [3.63, 3.8) is 0 Å². The fourth-order valence-electron chi connectivity index (χ4n) is 2.16. The Morgan fingerprint density at radius 3 is 2.76 bits per heavy atom. The number of nitrogens with one attached hydrogen (secondary N) is 2. The van der Waals surface area contributed by atoms with Gasteiger partial charge in [0.05, 0.1) is 18.7 Å². The molecule has 0 aliphatic carbocycles. The molecule has 0 aliphatic heterocycles. The lowest BCUT2D eigenvalue weighted by Crippen LogP contribution is -2.23. The summed E-state index contributed by atoms with van der Waals surface area (Å²) in [5, 5.41) is 4.80. The second-order valence-corrected chi connectivity index (χ2v) is 5.64. The Bertz CT molecular complexity index is 644. The maximum absolute atomic E-state index is 12.2. The van der Waals surface area contributed by atoms with Crippen LogP contribution in [0, 0.1) is 13.8 Å². The number of aryl methyl sites for hydroxylation is 1. The standard InChI is InChI=1S/C15H18N2O3S/c1-4-20-15(19)12-9(2)13(17-10(12)3)14(18)16-8-11-6-5-7-21-11/h5-7,17H,4,8H2,1-3H3,(H,16,18). The molecule has 6 heteroatoms. The maximum atomic E-state index is 12.2. The molecule has 0 fully saturated rings. The van der Waals surface area contributed by atoms with E-state index in [0.717, 1.165) is 4.88 Å². The van der Waals surface area contributed by atoms with E-state index in [1.165, 1.54) is 0 Å². The average Bonchev–Trinajstić information content (AvgIpc) is 3.04. The molecule has 0 spiro atoms. The van der Waals surface area contributed by atoms with Gasteiger partial charge >= 0.3 is 5.97 Å². The minimum Gasteiger partial charge on any atom is -0.462 e. The summed E-state index contributed by atoms with van der Waals surface area (Å²) < 4.78 is 5.01. The van der Waals surface area contributed by atoms with Gasteiger partial charge in [-0.05, 0) is 37.8 Å². The molecule has 0 atom stereocenters. The molecule has 0 aromatic carbocycles. The first-order valence-corrected chi connectivity index (χ1v) is 7.59. The number of aromatic amines is 1. The Morgan fingerprint density at radius 2 is 2.14 bits per heavy atom. The summed E-state index contributed by atoms with van der Waals surface area (Å²) in [5.74, 6) is -0.624. The van der Waals surface area contributed by atoms with Gasteiger partial charge in [0.2, 0.25) is 0 Å². The third-order valence-corrected chi connectivity index (χ3v) is 4.02. The molecule has 112 valence electrons. The number of esters is 1. The molecular formula is C15H18N2O3S. The average molecular weight is 306 g/mol. The van der Waals surface area contributed by atoms with Gasteiger partial charge in [-0.15, -0.1) is 11.3 Å². The van der Waals surface area contributed by atoms with Gasteiger partial charge in [-0.1, -0.05) is 6.07 Å². The number of ether oxygens (including phenoxy) is 1. The number of hydrogen-bond donors (Lipinski definition) is 2. The maximum Gasteiger partial charge on any atom is 0.340 e. The molecule has 0 bridgehead atoms. The molecule has 2 aromatic rings. The highest BCUT2D eigenvalue weighted by Gasteiger charge is 2.22. The van der Waals surface area contributed by atoms with Crippen LogP contribution in [0.15, 0.2) is 17.5 Å². The van der Waals surface area contributed by atoms with Gasteiger partial charge in [-0.2, -0.15) is 0 Å². The number of carbonyl (C=O) groups excluding carboxylic acids is 2. The van der Waals surface area contributed by atoms with Crippen molar-refractivity contribution in [1.29, 1.82) is 0 Å². The first-order chi connectivity index (χ1) is 10.0. The quantitative estimate of drug-likeness (QED) is 0.834. The number of rotatable bonds is 5. The Balaban J connectivity index is 2.14. The van der Waals surface area contributed by atoms with Crippen LogP contribution in [-0.4, -0.2) is 23.5 Å². The lowest BCUT2D eigenvalue weighted by atomic mass is 10.1. The van der Waals surface area contributed by atoms with E-state index in [0.29, 0.717) is 35.7 Å². The summed E-state index contributed by atoms with van der Waals surface area (Å²) >= 11 is 1.59. The first kappa shape index (κ1) is 15.3. The zero-order valence-corrected chi connectivity index (χ0v) is 13.1. The highest BCUT2D eigenvalue weighted by molar-refractivity contribution is 7.09. The van der Waals surface area contributed by atoms with Gasteiger partial charge in [-0.25, -0.2) is 4.79 Å². The number of thiophene rings is 1. The van der Waals surface area contributed by atoms with E-state index in [-0.39, 0.29) is 5.91 Å². The Labute approximate surface area is 127 Å². The number of aromatic nitrogens is 1. The zero-order valence-electron chi connectivity index (χ0n) is 12.3. The fraction of sp³-hybridized carbons (Fsp3) is 0.333. The molecule has 1 amide bonds. The molecule has 0 radical (unpaired) electrons. The molecule has 0 saturated carbocycles. The second kappa shape index (κ2) is 6.58. The molecule has 2 aromatic heterocycles. The van der Waals surface area contributed by atoms with E-state index in [2.05, 4.69) is 10.3 Å². The van der Waals surface area contributed by atoms with Crippen molar-refractivity contribution in [3.05, 3.63) is 44.9 Å². The summed E-state index contributed by atoms with van der Waals surface area (Å²) in [6, 6.07) is 3.90. The van der Waals surface area contributed by atoms with Gasteiger partial charge in [0, 0.05) is 10.6 Å². The van der Waals surface area contributed by atoms with Crippen LogP contribution in [0.4, 0.5) is 0 Å². The third-order valence-electron chi connectivity index (χ3n) is 3.15. The van der Waals surface area contributed by atoms with Gasteiger partial charge < -0.3 is 15.0 Å². The van der Waals surface area contributed by atoms with Crippen molar-refractivity contribution < 1.29 is 14.3 Å². The van der Waals surface area contributed by atoms with Crippen LogP contribution < -0.4 is 5.32 Å². The Hall–Kier alpha value is -2.08. The van der Waals surface area contributed by atoms with Crippen LogP contribution >= 0.6 is 11.3 Å². The monoisotopic (exact) mass is 306 g/mol. The predicted octanol–water partition coefficient (Wildman–Crippen LogP) is 2.80. The van der Waals surface area contributed by atoms with Crippen molar-refractivity contribution in [3.8, 4) is 0 Å². The minimum atomic E-state index is -0.402. The molecule has 2 N–H and O–H groups in total. The number of carbonyl (C=O) groups is 2. The fourth-order valence-corrected chi connectivity index (χ4v) is 2.80. The molecule has 2 rings (SSSR count). The number of H-pyrrole nitrogens is 1. The molecule has 5 nitrogen and oxygen atoms in total. The van der Waals surface area contributed by atoms with Gasteiger partial charge in [0.1, 0.15) is 5.69 Å². The van der Waals surface area contributed by atoms with E-state index in [9.17, 15) is 9.59 Å². The molecule has 2 heterocycles. The molecule has 0 aliphatic rings. The smallest absolute Gasteiger partial charge is 0.340 e. The van der Waals surface area contributed by atoms with Crippen molar-refractivity contribution in [2.75, 3.05) is 6.61 Å². The lowest BCUT2D eigenvalue weighted by molar-refractivity contribution is 0.0525. The van der Waals surface area contributed by atoms with Crippen LogP contribution in [0.25, 0.3) is 0 Å². The topological polar surface area (TPSA) is 71.2 Å². The highest BCUT2D eigenvalue weighted by atomic mass is 32.1. The predicted molar refractivity (Wildman–Crippen MR) is 81.7 cm³/mol. The highest BCUT2D eigenvalue weighted by Crippen LogP contribution is 2.19. The van der Waals surface area contributed by atoms with Crippen LogP contribution in [0.5, 0.6) is 0 Å². The lowest BCUT2D eigenvalue weighted by Gasteiger charge is -2.04. The zero-order chi connectivity index (χ0) is 15.4. The van der Waals surface area contributed by atoms with Gasteiger partial charge in [-0.3, -0.25) is 4.79 Å².